The summed E-state index contributed by atoms with van der Waals surface area (Å²) < 4.78 is 31.2. The number of fused-ring (bicyclic) bond motifs is 1. The predicted octanol–water partition coefficient (Wildman–Crippen LogP) is 3.53. The summed E-state index contributed by atoms with van der Waals surface area (Å²) in [6, 6.07) is 4.31. The van der Waals surface area contributed by atoms with Crippen LogP contribution in [0.25, 0.3) is 5.70 Å². The highest BCUT2D eigenvalue weighted by Gasteiger charge is 2.29. The maximum atomic E-state index is 13.4. The summed E-state index contributed by atoms with van der Waals surface area (Å²) >= 11 is 0. The Bertz CT molecular complexity index is 633. The Balaban J connectivity index is 2.47. The third-order valence-corrected chi connectivity index (χ3v) is 5.39. The van der Waals surface area contributed by atoms with Crippen LogP contribution in [0.5, 0.6) is 0 Å². The molecule has 0 aliphatic carbocycles. The molecule has 0 radical (unpaired) electrons. The molecule has 3 N–H and O–H groups in total. The van der Waals surface area contributed by atoms with Crippen molar-refractivity contribution in [1.82, 2.24) is 5.32 Å². The largest absolute Gasteiger partial charge is 0.383 e. The minimum absolute atomic E-state index is 0.240. The molecule has 1 aliphatic rings. The molecule has 1 aliphatic heterocycles. The van der Waals surface area contributed by atoms with Crippen molar-refractivity contribution in [2.75, 3.05) is 18.4 Å². The molecule has 22 heavy (non-hydrogen) atoms. The van der Waals surface area contributed by atoms with E-state index in [0.717, 1.165) is 0 Å². The molecule has 7 heteroatoms. The quantitative estimate of drug-likeness (QED) is 0.738. The van der Waals surface area contributed by atoms with E-state index in [1.807, 2.05) is 6.92 Å². The van der Waals surface area contributed by atoms with Crippen molar-refractivity contribution < 1.29 is 18.4 Å². The SMILES string of the molecule is CCC(C)OP(=O)(O)C(C)=C1NCCNc2cc(F)ccc21. The molecule has 5 nitrogen and oxygen atoms in total. The van der Waals surface area contributed by atoms with E-state index in [-0.39, 0.29) is 17.2 Å². The number of anilines is 1. The molecule has 0 saturated heterocycles. The monoisotopic (exact) mass is 328 g/mol. The van der Waals surface area contributed by atoms with Crippen molar-refractivity contribution in [3.8, 4) is 0 Å². The van der Waals surface area contributed by atoms with E-state index in [4.69, 9.17) is 4.52 Å². The second-order valence-electron chi connectivity index (χ2n) is 5.35. The molecule has 2 atom stereocenters. The maximum Gasteiger partial charge on any atom is 0.356 e. The standard InChI is InChI=1S/C15H22FN2O3P/c1-4-10(2)21-22(19,20)11(3)15-13-6-5-12(16)9-14(13)17-7-8-18-15/h5-6,9-10,17-18H,4,7-8H2,1-3H3,(H,19,20). The van der Waals surface area contributed by atoms with E-state index >= 15 is 0 Å². The van der Waals surface area contributed by atoms with Gasteiger partial charge in [0.25, 0.3) is 0 Å². The smallest absolute Gasteiger partial charge is 0.356 e. The van der Waals surface area contributed by atoms with E-state index in [0.29, 0.717) is 36.5 Å². The number of hydrogen-bond acceptors (Lipinski definition) is 4. The summed E-state index contributed by atoms with van der Waals surface area (Å²) in [5.74, 6) is -0.354. The molecule has 1 aromatic carbocycles. The second kappa shape index (κ2) is 6.82. The lowest BCUT2D eigenvalue weighted by atomic mass is 10.1. The summed E-state index contributed by atoms with van der Waals surface area (Å²) in [5, 5.41) is 6.48. The lowest BCUT2D eigenvalue weighted by molar-refractivity contribution is 0.190. The molecule has 2 rings (SSSR count). The first-order valence-corrected chi connectivity index (χ1v) is 8.93. The van der Waals surface area contributed by atoms with Crippen LogP contribution < -0.4 is 10.6 Å². The summed E-state index contributed by atoms with van der Waals surface area (Å²) in [4.78, 5) is 10.2. The number of nitrogens with one attached hydrogen (secondary N) is 2. The molecule has 1 heterocycles. The van der Waals surface area contributed by atoms with Crippen LogP contribution in [-0.4, -0.2) is 24.1 Å². The van der Waals surface area contributed by atoms with Gasteiger partial charge in [-0.15, -0.1) is 0 Å². The molecular weight excluding hydrogens is 306 g/mol. The van der Waals surface area contributed by atoms with Gasteiger partial charge in [-0.05, 0) is 38.5 Å². The highest BCUT2D eigenvalue weighted by Crippen LogP contribution is 2.54. The minimum Gasteiger partial charge on any atom is -0.383 e. The molecule has 0 bridgehead atoms. The zero-order chi connectivity index (χ0) is 16.3. The molecule has 0 fully saturated rings. The van der Waals surface area contributed by atoms with Crippen LogP contribution in [0.4, 0.5) is 10.1 Å². The van der Waals surface area contributed by atoms with Crippen molar-refractivity contribution in [2.45, 2.75) is 33.3 Å². The third-order valence-electron chi connectivity index (χ3n) is 3.68. The van der Waals surface area contributed by atoms with Crippen LogP contribution in [0.3, 0.4) is 0 Å². The third kappa shape index (κ3) is 3.69. The zero-order valence-corrected chi connectivity index (χ0v) is 13.9. The topological polar surface area (TPSA) is 70.6 Å². The second-order valence-corrected chi connectivity index (χ2v) is 7.27. The Morgan fingerprint density at radius 2 is 2.14 bits per heavy atom. The van der Waals surface area contributed by atoms with E-state index in [9.17, 15) is 13.8 Å². The Labute approximate surface area is 130 Å². The van der Waals surface area contributed by atoms with Crippen molar-refractivity contribution in [3.05, 3.63) is 34.9 Å². The van der Waals surface area contributed by atoms with Gasteiger partial charge in [0.15, 0.2) is 0 Å². The summed E-state index contributed by atoms with van der Waals surface area (Å²) in [7, 11) is -3.92. The van der Waals surface area contributed by atoms with E-state index < -0.39 is 7.60 Å². The normalized spacial score (nSPS) is 20.8. The number of halogens is 1. The highest BCUT2D eigenvalue weighted by molar-refractivity contribution is 7.57. The van der Waals surface area contributed by atoms with E-state index in [2.05, 4.69) is 10.6 Å². The van der Waals surface area contributed by atoms with Gasteiger partial charge in [-0.3, -0.25) is 4.57 Å². The van der Waals surface area contributed by atoms with Crippen LogP contribution in [0.15, 0.2) is 23.5 Å². The average molecular weight is 328 g/mol. The van der Waals surface area contributed by atoms with Gasteiger partial charge in [-0.25, -0.2) is 4.39 Å². The first kappa shape index (κ1) is 17.0. The van der Waals surface area contributed by atoms with Crippen LogP contribution in [0, 0.1) is 5.82 Å². The van der Waals surface area contributed by atoms with Gasteiger partial charge in [0.2, 0.25) is 0 Å². The van der Waals surface area contributed by atoms with Crippen LogP contribution in [0.2, 0.25) is 0 Å². The number of benzene rings is 1. The Hall–Kier alpha value is -1.36. The fraction of sp³-hybridized carbons (Fsp3) is 0.467. The van der Waals surface area contributed by atoms with Crippen LogP contribution >= 0.6 is 7.60 Å². The molecule has 0 spiro atoms. The molecule has 2 unspecified atom stereocenters. The lowest BCUT2D eigenvalue weighted by Crippen LogP contribution is -2.18. The zero-order valence-electron chi connectivity index (χ0n) is 13.0. The maximum absolute atomic E-state index is 13.4. The van der Waals surface area contributed by atoms with E-state index in [1.165, 1.54) is 12.1 Å². The Kier molecular flexibility index (Phi) is 5.27. The van der Waals surface area contributed by atoms with Gasteiger partial charge in [-0.1, -0.05) is 6.92 Å². The Morgan fingerprint density at radius 1 is 1.45 bits per heavy atom. The fourth-order valence-corrected chi connectivity index (χ4v) is 3.50. The number of rotatable bonds is 4. The van der Waals surface area contributed by atoms with Crippen molar-refractivity contribution in [2.24, 2.45) is 0 Å². The summed E-state index contributed by atoms with van der Waals surface area (Å²) in [5.41, 5.74) is 1.79. The van der Waals surface area contributed by atoms with Gasteiger partial charge in [0.1, 0.15) is 5.82 Å². The van der Waals surface area contributed by atoms with Crippen LogP contribution in [0.1, 0.15) is 32.8 Å². The van der Waals surface area contributed by atoms with Crippen molar-refractivity contribution in [3.63, 3.8) is 0 Å². The molecule has 0 saturated carbocycles. The summed E-state index contributed by atoms with van der Waals surface area (Å²) in [6.07, 6.45) is 0.326. The molecule has 0 aromatic heterocycles. The first-order chi connectivity index (χ1) is 10.3. The molecular formula is C15H22FN2O3P. The minimum atomic E-state index is -3.92. The van der Waals surface area contributed by atoms with E-state index in [1.54, 1.807) is 19.9 Å². The Morgan fingerprint density at radius 3 is 2.82 bits per heavy atom. The summed E-state index contributed by atoms with van der Waals surface area (Å²) in [6.45, 7) is 6.37. The van der Waals surface area contributed by atoms with Gasteiger partial charge in [-0.2, -0.15) is 0 Å². The predicted molar refractivity (Wildman–Crippen MR) is 86.1 cm³/mol. The molecule has 0 amide bonds. The van der Waals surface area contributed by atoms with Crippen molar-refractivity contribution >= 4 is 19.0 Å². The van der Waals surface area contributed by atoms with Gasteiger partial charge >= 0.3 is 7.60 Å². The molecule has 1 aromatic rings. The number of allylic oxidation sites excluding steroid dienone is 1. The van der Waals surface area contributed by atoms with Gasteiger partial charge < -0.3 is 20.1 Å². The average Bonchev–Trinajstić information content (AvgIpc) is 2.67. The van der Waals surface area contributed by atoms with Crippen molar-refractivity contribution in [1.29, 1.82) is 0 Å². The van der Waals surface area contributed by atoms with Gasteiger partial charge in [0, 0.05) is 24.3 Å². The number of hydrogen-bond donors (Lipinski definition) is 3. The first-order valence-electron chi connectivity index (χ1n) is 7.35. The van der Waals surface area contributed by atoms with Crippen LogP contribution in [-0.2, 0) is 9.09 Å². The lowest BCUT2D eigenvalue weighted by Gasteiger charge is -2.21. The highest BCUT2D eigenvalue weighted by atomic mass is 31.2. The van der Waals surface area contributed by atoms with Gasteiger partial charge in [0.05, 0.1) is 17.1 Å². The molecule has 122 valence electrons. The fourth-order valence-electron chi connectivity index (χ4n) is 2.22.